The van der Waals surface area contributed by atoms with Gasteiger partial charge in [0.2, 0.25) is 0 Å². The van der Waals surface area contributed by atoms with Crippen LogP contribution >= 0.6 is 0 Å². The van der Waals surface area contributed by atoms with E-state index in [1.807, 2.05) is 0 Å². The lowest BCUT2D eigenvalue weighted by Gasteiger charge is -2.21. The minimum Gasteiger partial charge on any atom is -0.462 e. The Kier molecular flexibility index (Phi) is 5.60. The molecule has 0 unspecified atom stereocenters. The second-order valence-electron chi connectivity index (χ2n) is 4.39. The summed E-state index contributed by atoms with van der Waals surface area (Å²) in [6, 6.07) is 2.63. The van der Waals surface area contributed by atoms with Crippen LogP contribution in [0.15, 0.2) is 12.1 Å². The average Bonchev–Trinajstić information content (AvgIpc) is 2.36. The Hall–Kier alpha value is -1.78. The van der Waals surface area contributed by atoms with Crippen molar-refractivity contribution in [2.45, 2.75) is 26.7 Å². The summed E-state index contributed by atoms with van der Waals surface area (Å²) in [6.45, 7) is 4.76. The molecule has 2 N–H and O–H groups in total. The van der Waals surface area contributed by atoms with Crippen molar-refractivity contribution in [2.24, 2.45) is 0 Å². The van der Waals surface area contributed by atoms with Gasteiger partial charge in [-0.3, -0.25) is 0 Å². The van der Waals surface area contributed by atoms with Gasteiger partial charge < -0.3 is 15.4 Å². The molecule has 0 heterocycles. The lowest BCUT2D eigenvalue weighted by molar-refractivity contribution is 0.0527. The number of nitrogen functional groups attached to an aromatic ring is 1. The van der Waals surface area contributed by atoms with Gasteiger partial charge in [0, 0.05) is 19.3 Å². The molecule has 0 aliphatic carbocycles. The zero-order valence-corrected chi connectivity index (χ0v) is 11.7. The fourth-order valence-electron chi connectivity index (χ4n) is 1.77. The Labute approximate surface area is 113 Å². The van der Waals surface area contributed by atoms with Gasteiger partial charge in [0.25, 0.3) is 0 Å². The molecule has 0 atom stereocenters. The second-order valence-corrected chi connectivity index (χ2v) is 4.39. The number of halogens is 1. The Morgan fingerprint density at radius 1 is 1.42 bits per heavy atom. The van der Waals surface area contributed by atoms with E-state index < -0.39 is 11.8 Å². The lowest BCUT2D eigenvalue weighted by atomic mass is 10.1. The molecule has 0 aliphatic heterocycles. The van der Waals surface area contributed by atoms with Gasteiger partial charge in [-0.05, 0) is 25.5 Å². The molecule has 1 rings (SSSR count). The summed E-state index contributed by atoms with van der Waals surface area (Å²) in [5, 5.41) is 0. The molecule has 0 saturated carbocycles. The number of hydrogen-bond acceptors (Lipinski definition) is 4. The van der Waals surface area contributed by atoms with Gasteiger partial charge in [0.1, 0.15) is 5.82 Å². The normalized spacial score (nSPS) is 10.3. The molecular weight excluding hydrogens is 247 g/mol. The third-order valence-electron chi connectivity index (χ3n) is 2.87. The van der Waals surface area contributed by atoms with Crippen molar-refractivity contribution in [1.29, 1.82) is 0 Å². The number of nitrogens with two attached hydrogens (primary N) is 1. The van der Waals surface area contributed by atoms with Gasteiger partial charge in [-0.25, -0.2) is 9.18 Å². The molecule has 0 aliphatic rings. The van der Waals surface area contributed by atoms with Crippen LogP contribution in [0.3, 0.4) is 0 Å². The van der Waals surface area contributed by atoms with E-state index in [0.717, 1.165) is 19.4 Å². The quantitative estimate of drug-likeness (QED) is 0.636. The number of benzene rings is 1. The maximum absolute atomic E-state index is 13.9. The number of unbranched alkanes of at least 4 members (excludes halogenated alkanes) is 1. The highest BCUT2D eigenvalue weighted by Gasteiger charge is 2.17. The van der Waals surface area contributed by atoms with Crippen LogP contribution in [0.4, 0.5) is 15.8 Å². The molecule has 0 bridgehead atoms. The first-order valence-electron chi connectivity index (χ1n) is 6.48. The number of esters is 1. The smallest absolute Gasteiger partial charge is 0.340 e. The zero-order valence-electron chi connectivity index (χ0n) is 11.7. The van der Waals surface area contributed by atoms with Crippen LogP contribution in [-0.2, 0) is 4.74 Å². The standard InChI is InChI=1S/C14H21FN2O2/c1-4-6-7-17(3)13-8-10(14(18)19-5-2)12(16)9-11(13)15/h8-9H,4-7,16H2,1-3H3. The third kappa shape index (κ3) is 3.84. The molecule has 0 saturated heterocycles. The summed E-state index contributed by atoms with van der Waals surface area (Å²) in [7, 11) is 1.79. The van der Waals surface area contributed by atoms with Crippen LogP contribution in [0, 0.1) is 5.82 Å². The number of ether oxygens (including phenoxy) is 1. The highest BCUT2D eigenvalue weighted by atomic mass is 19.1. The largest absolute Gasteiger partial charge is 0.462 e. The highest BCUT2D eigenvalue weighted by Crippen LogP contribution is 2.25. The van der Waals surface area contributed by atoms with Crippen molar-refractivity contribution in [1.82, 2.24) is 0 Å². The topological polar surface area (TPSA) is 55.6 Å². The SMILES string of the molecule is CCCCN(C)c1cc(C(=O)OCC)c(N)cc1F. The van der Waals surface area contributed by atoms with Crippen molar-refractivity contribution in [2.75, 3.05) is 30.8 Å². The zero-order chi connectivity index (χ0) is 14.4. The fraction of sp³-hybridized carbons (Fsp3) is 0.500. The van der Waals surface area contributed by atoms with Gasteiger partial charge >= 0.3 is 5.97 Å². The number of carbonyl (C=O) groups excluding carboxylic acids is 1. The van der Waals surface area contributed by atoms with E-state index in [2.05, 4.69) is 6.92 Å². The van der Waals surface area contributed by atoms with Crippen LogP contribution in [-0.4, -0.2) is 26.2 Å². The number of carbonyl (C=O) groups is 1. The highest BCUT2D eigenvalue weighted by molar-refractivity contribution is 5.96. The Morgan fingerprint density at radius 3 is 2.68 bits per heavy atom. The third-order valence-corrected chi connectivity index (χ3v) is 2.87. The van der Waals surface area contributed by atoms with E-state index >= 15 is 0 Å². The monoisotopic (exact) mass is 268 g/mol. The van der Waals surface area contributed by atoms with Crippen LogP contribution < -0.4 is 10.6 Å². The predicted octanol–water partition coefficient (Wildman–Crippen LogP) is 2.82. The van der Waals surface area contributed by atoms with Gasteiger partial charge in [-0.15, -0.1) is 0 Å². The molecule has 5 heteroatoms. The van der Waals surface area contributed by atoms with Crippen LogP contribution in [0.2, 0.25) is 0 Å². The molecule has 19 heavy (non-hydrogen) atoms. The first kappa shape index (κ1) is 15.3. The number of rotatable bonds is 6. The fourth-order valence-corrected chi connectivity index (χ4v) is 1.77. The summed E-state index contributed by atoms with van der Waals surface area (Å²) in [4.78, 5) is 13.5. The Balaban J connectivity index is 3.05. The first-order chi connectivity index (χ1) is 9.01. The molecule has 0 spiro atoms. The molecule has 1 aromatic carbocycles. The van der Waals surface area contributed by atoms with Crippen molar-refractivity contribution in [3.63, 3.8) is 0 Å². The van der Waals surface area contributed by atoms with Crippen molar-refractivity contribution < 1.29 is 13.9 Å². The van der Waals surface area contributed by atoms with E-state index in [1.54, 1.807) is 18.9 Å². The Bertz CT molecular complexity index is 449. The number of hydrogen-bond donors (Lipinski definition) is 1. The molecule has 0 radical (unpaired) electrons. The molecular formula is C14H21FN2O2. The predicted molar refractivity (Wildman–Crippen MR) is 74.9 cm³/mol. The molecule has 0 fully saturated rings. The van der Waals surface area contributed by atoms with E-state index in [9.17, 15) is 9.18 Å². The minimum absolute atomic E-state index is 0.101. The maximum atomic E-state index is 13.9. The van der Waals surface area contributed by atoms with Gasteiger partial charge in [0.15, 0.2) is 0 Å². The van der Waals surface area contributed by atoms with E-state index in [-0.39, 0.29) is 17.9 Å². The van der Waals surface area contributed by atoms with Crippen LogP contribution in [0.25, 0.3) is 0 Å². The summed E-state index contributed by atoms with van der Waals surface area (Å²) < 4.78 is 18.8. The number of nitrogens with zero attached hydrogens (tertiary/aromatic N) is 1. The molecule has 1 aromatic rings. The Morgan fingerprint density at radius 2 is 2.11 bits per heavy atom. The second kappa shape index (κ2) is 6.97. The van der Waals surface area contributed by atoms with E-state index in [1.165, 1.54) is 12.1 Å². The summed E-state index contributed by atoms with van der Waals surface area (Å²) in [6.07, 6.45) is 1.97. The first-order valence-corrected chi connectivity index (χ1v) is 6.48. The maximum Gasteiger partial charge on any atom is 0.340 e. The molecule has 4 nitrogen and oxygen atoms in total. The van der Waals surface area contributed by atoms with Crippen LogP contribution in [0.1, 0.15) is 37.0 Å². The van der Waals surface area contributed by atoms with Crippen LogP contribution in [0.5, 0.6) is 0 Å². The summed E-state index contributed by atoms with van der Waals surface area (Å²) in [5.74, 6) is -0.950. The molecule has 0 amide bonds. The van der Waals surface area contributed by atoms with E-state index in [4.69, 9.17) is 10.5 Å². The molecule has 0 aromatic heterocycles. The van der Waals surface area contributed by atoms with Gasteiger partial charge in [-0.1, -0.05) is 13.3 Å². The molecule has 106 valence electrons. The van der Waals surface area contributed by atoms with Crippen molar-refractivity contribution >= 4 is 17.3 Å². The number of anilines is 2. The van der Waals surface area contributed by atoms with Gasteiger partial charge in [-0.2, -0.15) is 0 Å². The lowest BCUT2D eigenvalue weighted by Crippen LogP contribution is -2.21. The van der Waals surface area contributed by atoms with Crippen molar-refractivity contribution in [3.8, 4) is 0 Å². The van der Waals surface area contributed by atoms with Crippen molar-refractivity contribution in [3.05, 3.63) is 23.5 Å². The summed E-state index contributed by atoms with van der Waals surface area (Å²) >= 11 is 0. The average molecular weight is 268 g/mol. The van der Waals surface area contributed by atoms with E-state index in [0.29, 0.717) is 5.69 Å². The summed E-state index contributed by atoms with van der Waals surface area (Å²) in [5.41, 5.74) is 6.34. The van der Waals surface area contributed by atoms with Gasteiger partial charge in [0.05, 0.1) is 17.9 Å². The minimum atomic E-state index is -0.523.